The molecule has 0 aromatic heterocycles. The number of nitrogens with one attached hydrogen (secondary N) is 3. The van der Waals surface area contributed by atoms with Crippen molar-refractivity contribution in [2.24, 2.45) is 34.3 Å². The number of carbonyl (C=O) groups is 5. The van der Waals surface area contributed by atoms with E-state index >= 15 is 0 Å². The van der Waals surface area contributed by atoms with Crippen LogP contribution in [0.3, 0.4) is 0 Å². The van der Waals surface area contributed by atoms with Crippen molar-refractivity contribution in [3.05, 3.63) is 0 Å². The molecule has 40 heavy (non-hydrogen) atoms. The number of piperidine rings is 1. The average Bonchev–Trinajstić information content (AvgIpc) is 3.73. The topological polar surface area (TPSA) is 151 Å². The van der Waals surface area contributed by atoms with Crippen LogP contribution in [0.2, 0.25) is 0 Å². The van der Waals surface area contributed by atoms with Crippen LogP contribution in [0, 0.1) is 28.6 Å². The van der Waals surface area contributed by atoms with Crippen LogP contribution >= 0.6 is 0 Å². The van der Waals surface area contributed by atoms with Gasteiger partial charge in [-0.25, -0.2) is 4.79 Å². The fourth-order valence-electron chi connectivity index (χ4n) is 7.18. The zero-order chi connectivity index (χ0) is 29.6. The lowest BCUT2D eigenvalue weighted by molar-refractivity contribution is -0.145. The van der Waals surface area contributed by atoms with Crippen molar-refractivity contribution < 1.29 is 24.0 Å². The summed E-state index contributed by atoms with van der Waals surface area (Å²) >= 11 is 0. The molecule has 3 aliphatic carbocycles. The Hall–Kier alpha value is -2.65. The normalized spacial score (nSPS) is 28.1. The van der Waals surface area contributed by atoms with Crippen molar-refractivity contribution in [1.82, 2.24) is 20.9 Å². The number of amides is 5. The van der Waals surface area contributed by atoms with Gasteiger partial charge in [0.15, 0.2) is 0 Å². The molecule has 1 unspecified atom stereocenters. The minimum Gasteiger partial charge on any atom is -0.363 e. The smallest absolute Gasteiger partial charge is 0.315 e. The van der Waals surface area contributed by atoms with Crippen LogP contribution < -0.4 is 21.7 Å². The lowest BCUT2D eigenvalue weighted by Crippen LogP contribution is -2.63. The molecule has 5 atom stereocenters. The van der Waals surface area contributed by atoms with E-state index in [4.69, 9.17) is 5.73 Å². The molecule has 224 valence electrons. The van der Waals surface area contributed by atoms with Crippen molar-refractivity contribution in [3.63, 3.8) is 0 Å². The summed E-state index contributed by atoms with van der Waals surface area (Å²) in [6.45, 7) is 12.4. The summed E-state index contributed by atoms with van der Waals surface area (Å²) in [7, 11) is 0. The highest BCUT2D eigenvalue weighted by Gasteiger charge is 2.70. The summed E-state index contributed by atoms with van der Waals surface area (Å²) < 4.78 is 0. The van der Waals surface area contributed by atoms with Gasteiger partial charge >= 0.3 is 6.03 Å². The van der Waals surface area contributed by atoms with E-state index in [1.807, 2.05) is 20.8 Å². The number of nitrogens with two attached hydrogens (primary N) is 1. The molecule has 10 nitrogen and oxygen atoms in total. The largest absolute Gasteiger partial charge is 0.363 e. The molecule has 4 rings (SSSR count). The number of fused-ring (bicyclic) bond motifs is 1. The molecular weight excluding hydrogens is 510 g/mol. The third-order valence-corrected chi connectivity index (χ3v) is 10.2. The van der Waals surface area contributed by atoms with Crippen LogP contribution in [-0.2, 0) is 19.2 Å². The molecule has 3 saturated carbocycles. The maximum Gasteiger partial charge on any atom is 0.315 e. The summed E-state index contributed by atoms with van der Waals surface area (Å²) in [4.78, 5) is 67.0. The molecule has 0 aromatic rings. The van der Waals surface area contributed by atoms with Crippen LogP contribution in [0.15, 0.2) is 0 Å². The van der Waals surface area contributed by atoms with E-state index in [1.165, 1.54) is 0 Å². The Morgan fingerprint density at radius 2 is 1.62 bits per heavy atom. The van der Waals surface area contributed by atoms with Crippen molar-refractivity contribution in [2.45, 2.75) is 123 Å². The molecule has 0 bridgehead atoms. The maximum absolute atomic E-state index is 14.1. The Labute approximate surface area is 238 Å². The summed E-state index contributed by atoms with van der Waals surface area (Å²) in [6, 6.07) is -2.99. The number of carbonyl (C=O) groups excluding carboxylic acids is 5. The summed E-state index contributed by atoms with van der Waals surface area (Å²) in [5, 5.41) is 8.95. The molecule has 1 aliphatic heterocycles. The van der Waals surface area contributed by atoms with Gasteiger partial charge < -0.3 is 26.6 Å². The first-order chi connectivity index (χ1) is 18.6. The third kappa shape index (κ3) is 6.15. The Bertz CT molecular complexity index is 1040. The van der Waals surface area contributed by atoms with Gasteiger partial charge in [-0.3, -0.25) is 19.2 Å². The predicted molar refractivity (Wildman–Crippen MR) is 151 cm³/mol. The number of likely N-dealkylation sites (tertiary alicyclic amines) is 1. The van der Waals surface area contributed by atoms with Gasteiger partial charge in [-0.05, 0) is 54.3 Å². The Morgan fingerprint density at radius 3 is 2.15 bits per heavy atom. The molecule has 10 heteroatoms. The van der Waals surface area contributed by atoms with Crippen molar-refractivity contribution in [2.75, 3.05) is 6.54 Å². The first-order valence-corrected chi connectivity index (χ1v) is 15.1. The van der Waals surface area contributed by atoms with Crippen molar-refractivity contribution in [3.8, 4) is 0 Å². The van der Waals surface area contributed by atoms with Gasteiger partial charge in [0, 0.05) is 12.1 Å². The van der Waals surface area contributed by atoms with Crippen LogP contribution in [0.5, 0.6) is 0 Å². The van der Waals surface area contributed by atoms with Crippen LogP contribution in [0.4, 0.5) is 4.79 Å². The fraction of sp³-hybridized carbons (Fsp3) is 0.833. The molecular formula is C30H49N5O5. The fourth-order valence-corrected chi connectivity index (χ4v) is 7.18. The van der Waals surface area contributed by atoms with Crippen LogP contribution in [0.25, 0.3) is 0 Å². The number of primary amides is 1. The molecule has 1 heterocycles. The van der Waals surface area contributed by atoms with E-state index in [9.17, 15) is 24.0 Å². The van der Waals surface area contributed by atoms with Crippen molar-refractivity contribution in [1.29, 1.82) is 0 Å². The zero-order valence-corrected chi connectivity index (χ0v) is 25.1. The standard InChI is InChI=1S/C30H49N5O5/c1-7-30(13-9-8-10-14-30)34-27(40)33-23(28(2,3)4)26(39)35-16-18-20(29(18,5)6)21(35)25(38)32-19(15-17-11-12-17)22(36)24(31)37/h17-21,23H,7-16H2,1-6H3,(H2,31,37)(H,32,38)(H2,33,34,40)/t18-,19?,20-,21-,23+/m0/s1. The summed E-state index contributed by atoms with van der Waals surface area (Å²) in [6.07, 6.45) is 8.24. The highest BCUT2D eigenvalue weighted by atomic mass is 16.2. The molecule has 5 amide bonds. The first-order valence-electron chi connectivity index (χ1n) is 15.1. The molecule has 5 N–H and O–H groups in total. The first kappa shape index (κ1) is 30.3. The van der Waals surface area contributed by atoms with E-state index in [2.05, 4.69) is 36.7 Å². The van der Waals surface area contributed by atoms with E-state index in [1.54, 1.807) is 4.90 Å². The lowest BCUT2D eigenvalue weighted by atomic mass is 9.80. The number of hydrogen-bond acceptors (Lipinski definition) is 5. The van der Waals surface area contributed by atoms with Gasteiger partial charge in [-0.15, -0.1) is 0 Å². The highest BCUT2D eigenvalue weighted by Crippen LogP contribution is 2.65. The second kappa shape index (κ2) is 11.0. The third-order valence-electron chi connectivity index (χ3n) is 10.2. The van der Waals surface area contributed by atoms with Gasteiger partial charge in [0.05, 0.1) is 6.04 Å². The predicted octanol–water partition coefficient (Wildman–Crippen LogP) is 2.64. The minimum absolute atomic E-state index is 0.0678. The monoisotopic (exact) mass is 559 g/mol. The SMILES string of the molecule is CCC1(NC(=O)N[C@H](C(=O)N2C[C@H]3[C@@H]([C@H]2C(=O)NC(CC2CC2)C(=O)C(N)=O)C3(C)C)C(C)(C)C)CCCCC1. The molecule has 1 saturated heterocycles. The van der Waals surface area contributed by atoms with Gasteiger partial charge in [-0.1, -0.05) is 73.6 Å². The van der Waals surface area contributed by atoms with E-state index < -0.39 is 41.1 Å². The van der Waals surface area contributed by atoms with E-state index in [0.717, 1.165) is 51.4 Å². The zero-order valence-electron chi connectivity index (χ0n) is 25.1. The minimum atomic E-state index is -1.07. The van der Waals surface area contributed by atoms with E-state index in [-0.39, 0.29) is 40.6 Å². The summed E-state index contributed by atoms with van der Waals surface area (Å²) in [5.74, 6) is -2.26. The second-order valence-corrected chi connectivity index (χ2v) is 14.4. The maximum atomic E-state index is 14.1. The number of nitrogens with zero attached hydrogens (tertiary/aromatic N) is 1. The number of Topliss-reactive ketones (excluding diaryl/α,β-unsaturated/α-hetero) is 1. The van der Waals surface area contributed by atoms with E-state index in [0.29, 0.717) is 13.0 Å². The van der Waals surface area contributed by atoms with Crippen LogP contribution in [-0.4, -0.2) is 64.6 Å². The molecule has 4 fully saturated rings. The Morgan fingerprint density at radius 1 is 1.00 bits per heavy atom. The van der Waals surface area contributed by atoms with Gasteiger partial charge in [-0.2, -0.15) is 0 Å². The number of rotatable bonds is 10. The Balaban J connectivity index is 1.52. The van der Waals surface area contributed by atoms with Gasteiger partial charge in [0.2, 0.25) is 17.6 Å². The van der Waals surface area contributed by atoms with Gasteiger partial charge in [0.25, 0.3) is 5.91 Å². The van der Waals surface area contributed by atoms with Gasteiger partial charge in [0.1, 0.15) is 12.1 Å². The van der Waals surface area contributed by atoms with Crippen LogP contribution in [0.1, 0.15) is 99.3 Å². The molecule has 0 radical (unpaired) electrons. The average molecular weight is 560 g/mol. The Kier molecular flexibility index (Phi) is 8.31. The number of hydrogen-bond donors (Lipinski definition) is 4. The highest BCUT2D eigenvalue weighted by molar-refractivity contribution is 6.37. The molecule has 0 aromatic carbocycles. The number of ketones is 1. The number of urea groups is 1. The second-order valence-electron chi connectivity index (χ2n) is 14.4. The molecule has 0 spiro atoms. The lowest BCUT2D eigenvalue weighted by Gasteiger charge is -2.40. The quantitative estimate of drug-likeness (QED) is 0.304. The summed E-state index contributed by atoms with van der Waals surface area (Å²) in [5.41, 5.74) is 4.28. The van der Waals surface area contributed by atoms with Crippen molar-refractivity contribution >= 4 is 29.5 Å². The molecule has 4 aliphatic rings.